The van der Waals surface area contributed by atoms with E-state index in [9.17, 15) is 4.79 Å². The molecule has 1 amide bonds. The first kappa shape index (κ1) is 21.2. The molecule has 0 saturated carbocycles. The average molecular weight is 418 g/mol. The number of allylic oxidation sites excluding steroid dienone is 1. The summed E-state index contributed by atoms with van der Waals surface area (Å²) in [4.78, 5) is 12.7. The lowest BCUT2D eigenvalue weighted by atomic mass is 9.93. The van der Waals surface area contributed by atoms with E-state index in [4.69, 9.17) is 9.15 Å². The predicted molar refractivity (Wildman–Crippen MR) is 127 cm³/mol. The van der Waals surface area contributed by atoms with Crippen LogP contribution in [0.3, 0.4) is 0 Å². The summed E-state index contributed by atoms with van der Waals surface area (Å²) in [7, 11) is 1.67. The number of anilines is 1. The van der Waals surface area contributed by atoms with Gasteiger partial charge in [-0.3, -0.25) is 4.79 Å². The fraction of sp³-hybridized carbons (Fsp3) is 0.370. The predicted octanol–water partition coefficient (Wildman–Crippen LogP) is 6.79. The second kappa shape index (κ2) is 8.62. The van der Waals surface area contributed by atoms with Crippen LogP contribution >= 0.6 is 0 Å². The maximum absolute atomic E-state index is 12.7. The molecule has 0 saturated heterocycles. The standard InChI is InChI=1S/C27H31NO3/c1-16(2)19-10-12-20(13-11-19)28-25(29)14-17(3)22-15-23-21-8-6-7-9-24(21)31-27(23)18(4)26(22)30-5/h10-16H,6-9H2,1-5H3,(H,28,29)/b17-14+. The van der Waals surface area contributed by atoms with Crippen molar-refractivity contribution in [3.63, 3.8) is 0 Å². The van der Waals surface area contributed by atoms with Crippen LogP contribution in [-0.2, 0) is 17.6 Å². The van der Waals surface area contributed by atoms with Crippen molar-refractivity contribution < 1.29 is 13.9 Å². The number of aryl methyl sites for hydroxylation is 3. The lowest BCUT2D eigenvalue weighted by Crippen LogP contribution is -2.09. The average Bonchev–Trinajstić information content (AvgIpc) is 3.13. The summed E-state index contributed by atoms with van der Waals surface area (Å²) < 4.78 is 11.9. The van der Waals surface area contributed by atoms with E-state index >= 15 is 0 Å². The number of benzene rings is 2. The molecule has 0 fully saturated rings. The van der Waals surface area contributed by atoms with Gasteiger partial charge in [0, 0.05) is 40.3 Å². The highest BCUT2D eigenvalue weighted by molar-refractivity contribution is 6.05. The molecular formula is C27H31NO3. The molecular weight excluding hydrogens is 386 g/mol. The minimum absolute atomic E-state index is 0.149. The second-order valence-corrected chi connectivity index (χ2v) is 8.76. The molecule has 1 aliphatic carbocycles. The van der Waals surface area contributed by atoms with E-state index in [1.807, 2.05) is 26.0 Å². The third-order valence-corrected chi connectivity index (χ3v) is 6.25. The fourth-order valence-corrected chi connectivity index (χ4v) is 4.50. The Hall–Kier alpha value is -3.01. The molecule has 31 heavy (non-hydrogen) atoms. The number of carbonyl (C=O) groups excluding carboxylic acids is 1. The van der Waals surface area contributed by atoms with Gasteiger partial charge in [0.25, 0.3) is 0 Å². The molecule has 0 atom stereocenters. The Morgan fingerprint density at radius 3 is 2.55 bits per heavy atom. The summed E-state index contributed by atoms with van der Waals surface area (Å²) >= 11 is 0. The Balaban J connectivity index is 1.66. The molecule has 4 heteroatoms. The van der Waals surface area contributed by atoms with Crippen molar-refractivity contribution in [1.82, 2.24) is 0 Å². The number of hydrogen-bond acceptors (Lipinski definition) is 3. The smallest absolute Gasteiger partial charge is 0.248 e. The molecule has 1 N–H and O–H groups in total. The Morgan fingerprint density at radius 1 is 1.16 bits per heavy atom. The third-order valence-electron chi connectivity index (χ3n) is 6.25. The summed E-state index contributed by atoms with van der Waals surface area (Å²) in [6.45, 7) is 8.30. The van der Waals surface area contributed by atoms with Crippen LogP contribution in [0, 0.1) is 6.92 Å². The maximum atomic E-state index is 12.7. The Morgan fingerprint density at radius 2 is 1.87 bits per heavy atom. The first-order chi connectivity index (χ1) is 14.9. The van der Waals surface area contributed by atoms with Crippen LogP contribution in [0.15, 0.2) is 40.8 Å². The second-order valence-electron chi connectivity index (χ2n) is 8.76. The van der Waals surface area contributed by atoms with Gasteiger partial charge in [0.15, 0.2) is 0 Å². The molecule has 0 unspecified atom stereocenters. The van der Waals surface area contributed by atoms with Crippen molar-refractivity contribution in [1.29, 1.82) is 0 Å². The highest BCUT2D eigenvalue weighted by Crippen LogP contribution is 2.41. The minimum atomic E-state index is -0.149. The van der Waals surface area contributed by atoms with E-state index in [-0.39, 0.29) is 5.91 Å². The fourth-order valence-electron chi connectivity index (χ4n) is 4.50. The van der Waals surface area contributed by atoms with Gasteiger partial charge in [-0.25, -0.2) is 0 Å². The van der Waals surface area contributed by atoms with Crippen LogP contribution in [0.25, 0.3) is 16.5 Å². The van der Waals surface area contributed by atoms with Crippen LogP contribution in [0.4, 0.5) is 5.69 Å². The third kappa shape index (κ3) is 4.12. The summed E-state index contributed by atoms with van der Waals surface area (Å²) in [6, 6.07) is 10.1. The van der Waals surface area contributed by atoms with Crippen LogP contribution in [0.1, 0.15) is 67.5 Å². The van der Waals surface area contributed by atoms with Gasteiger partial charge in [0.2, 0.25) is 5.91 Å². The number of carbonyl (C=O) groups is 1. The lowest BCUT2D eigenvalue weighted by Gasteiger charge is -2.14. The van der Waals surface area contributed by atoms with Crippen molar-refractivity contribution in [2.75, 3.05) is 12.4 Å². The Bertz CT molecular complexity index is 1150. The van der Waals surface area contributed by atoms with E-state index in [0.29, 0.717) is 5.92 Å². The lowest BCUT2D eigenvalue weighted by molar-refractivity contribution is -0.111. The minimum Gasteiger partial charge on any atom is -0.496 e. The zero-order valence-corrected chi connectivity index (χ0v) is 19.1. The van der Waals surface area contributed by atoms with Crippen molar-refractivity contribution in [3.05, 3.63) is 64.4 Å². The number of nitrogens with one attached hydrogen (secondary N) is 1. The number of ether oxygens (including phenoxy) is 1. The SMILES string of the molecule is COc1c(/C(C)=C/C(=O)Nc2ccc(C(C)C)cc2)cc2c3c(oc2c1C)CCCC3. The van der Waals surface area contributed by atoms with Crippen molar-refractivity contribution in [2.24, 2.45) is 0 Å². The summed E-state index contributed by atoms with van der Waals surface area (Å²) in [6.07, 6.45) is 6.05. The van der Waals surface area contributed by atoms with E-state index < -0.39 is 0 Å². The molecule has 2 aromatic carbocycles. The maximum Gasteiger partial charge on any atom is 0.248 e. The summed E-state index contributed by atoms with van der Waals surface area (Å²) in [5.41, 5.74) is 7.06. The molecule has 0 bridgehead atoms. The molecule has 1 aromatic heterocycles. The number of fused-ring (bicyclic) bond motifs is 3. The number of amides is 1. The van der Waals surface area contributed by atoms with Gasteiger partial charge in [-0.15, -0.1) is 0 Å². The van der Waals surface area contributed by atoms with Crippen LogP contribution in [-0.4, -0.2) is 13.0 Å². The normalized spacial score (nSPS) is 14.1. The Labute approximate surface area is 184 Å². The van der Waals surface area contributed by atoms with Gasteiger partial charge < -0.3 is 14.5 Å². The first-order valence-electron chi connectivity index (χ1n) is 11.1. The topological polar surface area (TPSA) is 51.5 Å². The van der Waals surface area contributed by atoms with Gasteiger partial charge in [-0.05, 0) is 68.4 Å². The van der Waals surface area contributed by atoms with Gasteiger partial charge in [0.05, 0.1) is 7.11 Å². The first-order valence-corrected chi connectivity index (χ1v) is 11.1. The van der Waals surface area contributed by atoms with E-state index in [2.05, 4.69) is 37.4 Å². The number of rotatable bonds is 5. The Kier molecular flexibility index (Phi) is 5.90. The highest BCUT2D eigenvalue weighted by atomic mass is 16.5. The van der Waals surface area contributed by atoms with E-state index in [1.54, 1.807) is 13.2 Å². The quantitative estimate of drug-likeness (QED) is 0.465. The molecule has 0 radical (unpaired) electrons. The van der Waals surface area contributed by atoms with Gasteiger partial charge >= 0.3 is 0 Å². The largest absolute Gasteiger partial charge is 0.496 e. The van der Waals surface area contributed by atoms with Crippen LogP contribution in [0.5, 0.6) is 5.75 Å². The molecule has 4 rings (SSSR count). The number of furan rings is 1. The summed E-state index contributed by atoms with van der Waals surface area (Å²) in [5.74, 6) is 2.18. The van der Waals surface area contributed by atoms with Gasteiger partial charge in [0.1, 0.15) is 17.1 Å². The summed E-state index contributed by atoms with van der Waals surface area (Å²) in [5, 5.41) is 4.12. The zero-order chi connectivity index (χ0) is 22.1. The molecule has 0 aliphatic heterocycles. The number of methoxy groups -OCH3 is 1. The molecule has 1 heterocycles. The molecule has 4 nitrogen and oxygen atoms in total. The van der Waals surface area contributed by atoms with E-state index in [1.165, 1.54) is 24.0 Å². The van der Waals surface area contributed by atoms with E-state index in [0.717, 1.165) is 57.7 Å². The van der Waals surface area contributed by atoms with Crippen molar-refractivity contribution in [2.45, 2.75) is 59.3 Å². The molecule has 3 aromatic rings. The molecule has 0 spiro atoms. The monoisotopic (exact) mass is 417 g/mol. The van der Waals surface area contributed by atoms with Crippen molar-refractivity contribution >= 4 is 28.1 Å². The van der Waals surface area contributed by atoms with Gasteiger partial charge in [-0.1, -0.05) is 26.0 Å². The van der Waals surface area contributed by atoms with Crippen LogP contribution in [0.2, 0.25) is 0 Å². The van der Waals surface area contributed by atoms with Crippen LogP contribution < -0.4 is 10.1 Å². The highest BCUT2D eigenvalue weighted by Gasteiger charge is 2.23. The zero-order valence-electron chi connectivity index (χ0n) is 19.1. The van der Waals surface area contributed by atoms with Gasteiger partial charge in [-0.2, -0.15) is 0 Å². The number of hydrogen-bond donors (Lipinski definition) is 1. The van der Waals surface area contributed by atoms with Crippen molar-refractivity contribution in [3.8, 4) is 5.75 Å². The molecule has 162 valence electrons. The molecule has 1 aliphatic rings.